The average molecular weight is 265 g/mol. The Morgan fingerprint density at radius 2 is 2.16 bits per heavy atom. The van der Waals surface area contributed by atoms with Gasteiger partial charge in [0.2, 0.25) is 0 Å². The molecule has 0 aromatic rings. The van der Waals surface area contributed by atoms with Crippen LogP contribution in [-0.2, 0) is 9.53 Å². The highest BCUT2D eigenvalue weighted by Gasteiger charge is 2.52. The minimum absolute atomic E-state index is 0.140. The summed E-state index contributed by atoms with van der Waals surface area (Å²) in [5.41, 5.74) is -0.478. The topological polar surface area (TPSA) is 55.4 Å². The Hall–Kier alpha value is -1.32. The van der Waals surface area contributed by atoms with Crippen molar-refractivity contribution in [2.24, 2.45) is 23.2 Å². The second-order valence-corrected chi connectivity index (χ2v) is 6.25. The van der Waals surface area contributed by atoms with Crippen LogP contribution in [0.3, 0.4) is 0 Å². The molecule has 2 aliphatic rings. The number of amides is 1. The summed E-state index contributed by atoms with van der Waals surface area (Å²) in [5.74, 6) is 1.25. The number of carbonyl (C=O) groups excluding carboxylic acids is 2. The van der Waals surface area contributed by atoms with Crippen LogP contribution in [0.25, 0.3) is 0 Å². The van der Waals surface area contributed by atoms with Gasteiger partial charge in [0, 0.05) is 6.54 Å². The van der Waals surface area contributed by atoms with Crippen LogP contribution in [0.15, 0.2) is 12.2 Å². The zero-order valence-corrected chi connectivity index (χ0v) is 11.9. The second kappa shape index (κ2) is 5.35. The Labute approximate surface area is 114 Å². The summed E-state index contributed by atoms with van der Waals surface area (Å²) in [5, 5.41) is 2.72. The average Bonchev–Trinajstić information content (AvgIpc) is 2.94. The molecule has 0 unspecified atom stereocenters. The van der Waals surface area contributed by atoms with E-state index >= 15 is 0 Å². The molecule has 0 heterocycles. The van der Waals surface area contributed by atoms with Crippen LogP contribution in [0.4, 0.5) is 4.79 Å². The number of nitrogens with one attached hydrogen (secondary N) is 1. The molecule has 2 rings (SSSR count). The van der Waals surface area contributed by atoms with Crippen molar-refractivity contribution in [3.63, 3.8) is 0 Å². The fraction of sp³-hybridized carbons (Fsp3) is 0.733. The van der Waals surface area contributed by atoms with Crippen molar-refractivity contribution in [2.75, 3.05) is 13.2 Å². The van der Waals surface area contributed by atoms with E-state index in [1.54, 1.807) is 6.92 Å². The van der Waals surface area contributed by atoms with Gasteiger partial charge < -0.3 is 10.1 Å². The van der Waals surface area contributed by atoms with Crippen LogP contribution in [-0.4, -0.2) is 25.0 Å². The predicted octanol–water partition coefficient (Wildman–Crippen LogP) is 2.54. The number of carbonyl (C=O) groups is 2. The van der Waals surface area contributed by atoms with E-state index in [0.717, 1.165) is 12.8 Å². The Kier molecular flexibility index (Phi) is 3.97. The summed E-state index contributed by atoms with van der Waals surface area (Å²) < 4.78 is 5.29. The highest BCUT2D eigenvalue weighted by molar-refractivity contribution is 5.84. The molecule has 19 heavy (non-hydrogen) atoms. The molecule has 0 aliphatic heterocycles. The van der Waals surface area contributed by atoms with Gasteiger partial charge in [-0.2, -0.15) is 0 Å². The summed E-state index contributed by atoms with van der Waals surface area (Å²) in [4.78, 5) is 23.6. The SMILES string of the molecule is CC(=O)[C@@]1(COC(=O)NCC(C)C)C[C@@H]2C=C[C@H]1C2. The van der Waals surface area contributed by atoms with E-state index in [4.69, 9.17) is 4.74 Å². The summed E-state index contributed by atoms with van der Waals surface area (Å²) in [6.07, 6.45) is 5.73. The summed E-state index contributed by atoms with van der Waals surface area (Å²) in [7, 11) is 0. The lowest BCUT2D eigenvalue weighted by molar-refractivity contribution is -0.130. The van der Waals surface area contributed by atoms with Gasteiger partial charge in [0.05, 0.1) is 5.41 Å². The third-order valence-corrected chi connectivity index (χ3v) is 4.33. The smallest absolute Gasteiger partial charge is 0.407 e. The molecule has 4 nitrogen and oxygen atoms in total. The third-order valence-electron chi connectivity index (χ3n) is 4.33. The highest BCUT2D eigenvalue weighted by atomic mass is 16.5. The number of ketones is 1. The van der Waals surface area contributed by atoms with Gasteiger partial charge in [0.15, 0.2) is 0 Å². The summed E-state index contributed by atoms with van der Waals surface area (Å²) >= 11 is 0. The largest absolute Gasteiger partial charge is 0.448 e. The van der Waals surface area contributed by atoms with E-state index < -0.39 is 11.5 Å². The Morgan fingerprint density at radius 3 is 2.63 bits per heavy atom. The van der Waals surface area contributed by atoms with Crippen molar-refractivity contribution < 1.29 is 14.3 Å². The van der Waals surface area contributed by atoms with Crippen LogP contribution >= 0.6 is 0 Å². The number of allylic oxidation sites excluding steroid dienone is 2. The van der Waals surface area contributed by atoms with Crippen molar-refractivity contribution in [1.29, 1.82) is 0 Å². The number of rotatable bonds is 5. The molecule has 1 amide bonds. The van der Waals surface area contributed by atoms with E-state index in [-0.39, 0.29) is 18.3 Å². The minimum atomic E-state index is -0.478. The predicted molar refractivity (Wildman–Crippen MR) is 72.7 cm³/mol. The van der Waals surface area contributed by atoms with Crippen LogP contribution < -0.4 is 5.32 Å². The molecular formula is C15H23NO3. The maximum absolute atomic E-state index is 12.0. The minimum Gasteiger partial charge on any atom is -0.448 e. The number of fused-ring (bicyclic) bond motifs is 2. The van der Waals surface area contributed by atoms with Gasteiger partial charge in [-0.05, 0) is 37.5 Å². The lowest BCUT2D eigenvalue weighted by Crippen LogP contribution is -2.40. The van der Waals surface area contributed by atoms with Gasteiger partial charge in [-0.25, -0.2) is 4.79 Å². The van der Waals surface area contributed by atoms with Crippen LogP contribution in [0, 0.1) is 23.2 Å². The van der Waals surface area contributed by atoms with Crippen LogP contribution in [0.5, 0.6) is 0 Å². The van der Waals surface area contributed by atoms with Gasteiger partial charge >= 0.3 is 6.09 Å². The van der Waals surface area contributed by atoms with E-state index in [9.17, 15) is 9.59 Å². The number of Topliss-reactive ketones (excluding diaryl/α,β-unsaturated/α-hetero) is 1. The van der Waals surface area contributed by atoms with Gasteiger partial charge in [-0.3, -0.25) is 4.79 Å². The molecule has 0 aromatic heterocycles. The molecule has 3 atom stereocenters. The van der Waals surface area contributed by atoms with E-state index in [1.807, 2.05) is 13.8 Å². The van der Waals surface area contributed by atoms with Gasteiger partial charge in [-0.1, -0.05) is 26.0 Å². The Balaban J connectivity index is 1.91. The first-order valence-corrected chi connectivity index (χ1v) is 7.04. The molecule has 1 saturated carbocycles. The molecule has 0 radical (unpaired) electrons. The maximum atomic E-state index is 12.0. The molecule has 0 aromatic carbocycles. The fourth-order valence-electron chi connectivity index (χ4n) is 3.16. The molecule has 2 aliphatic carbocycles. The Morgan fingerprint density at radius 1 is 1.42 bits per heavy atom. The molecule has 0 saturated heterocycles. The fourth-order valence-corrected chi connectivity index (χ4v) is 3.16. The molecule has 0 spiro atoms. The standard InChI is InChI=1S/C15H23NO3/c1-10(2)8-16-14(18)19-9-15(11(3)17)7-12-4-5-13(15)6-12/h4-5,10,12-13H,6-9H2,1-3H3,(H,16,18)/t12-,13+,15+/m1/s1. The van der Waals surface area contributed by atoms with Crippen LogP contribution in [0.2, 0.25) is 0 Å². The number of alkyl carbamates (subject to hydrolysis) is 1. The first-order valence-electron chi connectivity index (χ1n) is 7.04. The zero-order valence-electron chi connectivity index (χ0n) is 11.9. The number of ether oxygens (including phenoxy) is 1. The molecule has 1 fully saturated rings. The molecular weight excluding hydrogens is 242 g/mol. The second-order valence-electron chi connectivity index (χ2n) is 6.25. The van der Waals surface area contributed by atoms with Crippen molar-refractivity contribution in [3.8, 4) is 0 Å². The summed E-state index contributed by atoms with van der Waals surface area (Å²) in [6.45, 7) is 6.47. The monoisotopic (exact) mass is 265 g/mol. The van der Waals surface area contributed by atoms with Crippen molar-refractivity contribution in [3.05, 3.63) is 12.2 Å². The van der Waals surface area contributed by atoms with Crippen molar-refractivity contribution in [1.82, 2.24) is 5.32 Å². The first-order chi connectivity index (χ1) is 8.94. The lowest BCUT2D eigenvalue weighted by atomic mass is 9.73. The highest BCUT2D eigenvalue weighted by Crippen LogP contribution is 2.52. The van der Waals surface area contributed by atoms with E-state index in [2.05, 4.69) is 17.5 Å². The van der Waals surface area contributed by atoms with Gasteiger partial charge in [-0.15, -0.1) is 0 Å². The van der Waals surface area contributed by atoms with Crippen LogP contribution in [0.1, 0.15) is 33.6 Å². The number of hydrogen-bond donors (Lipinski definition) is 1. The molecule has 2 bridgehead atoms. The summed E-state index contributed by atoms with van der Waals surface area (Å²) in [6, 6.07) is 0. The number of hydrogen-bond acceptors (Lipinski definition) is 3. The van der Waals surface area contributed by atoms with E-state index in [0.29, 0.717) is 18.4 Å². The first kappa shape index (κ1) is 14.1. The zero-order chi connectivity index (χ0) is 14.0. The van der Waals surface area contributed by atoms with Gasteiger partial charge in [0.25, 0.3) is 0 Å². The molecule has 4 heteroatoms. The molecule has 1 N–H and O–H groups in total. The molecule has 106 valence electrons. The Bertz CT molecular complexity index is 402. The van der Waals surface area contributed by atoms with Crippen molar-refractivity contribution >= 4 is 11.9 Å². The lowest BCUT2D eigenvalue weighted by Gasteiger charge is -2.32. The normalized spacial score (nSPS) is 31.8. The third kappa shape index (κ3) is 2.82. The quantitative estimate of drug-likeness (QED) is 0.777. The van der Waals surface area contributed by atoms with Gasteiger partial charge in [0.1, 0.15) is 12.4 Å². The van der Waals surface area contributed by atoms with Crippen molar-refractivity contribution in [2.45, 2.75) is 33.6 Å². The maximum Gasteiger partial charge on any atom is 0.407 e. The van der Waals surface area contributed by atoms with E-state index in [1.165, 1.54) is 0 Å².